The number of aliphatic hydroxyl groups is 1. The molecule has 2 N–H and O–H groups in total. The molecule has 4 nitrogen and oxygen atoms in total. The number of benzene rings is 1. The summed E-state index contributed by atoms with van der Waals surface area (Å²) in [6.07, 6.45) is -0.585. The van der Waals surface area contributed by atoms with Gasteiger partial charge in [0.15, 0.2) is 6.10 Å². The fourth-order valence-electron chi connectivity index (χ4n) is 1.71. The van der Waals surface area contributed by atoms with Crippen molar-refractivity contribution in [2.45, 2.75) is 25.6 Å². The van der Waals surface area contributed by atoms with Crippen LogP contribution in [0.25, 0.3) is 0 Å². The van der Waals surface area contributed by atoms with Crippen molar-refractivity contribution in [2.75, 3.05) is 11.2 Å². The molecule has 2 atom stereocenters. The van der Waals surface area contributed by atoms with Gasteiger partial charge in [-0.15, -0.1) is 11.6 Å². The quantitative estimate of drug-likeness (QED) is 0.806. The van der Waals surface area contributed by atoms with Crippen molar-refractivity contribution in [1.82, 2.24) is 0 Å². The minimum absolute atomic E-state index is 0.160. The highest BCUT2D eigenvalue weighted by Gasteiger charge is 2.23. The van der Waals surface area contributed by atoms with E-state index in [0.29, 0.717) is 17.9 Å². The fourth-order valence-corrected chi connectivity index (χ4v) is 1.82. The van der Waals surface area contributed by atoms with Gasteiger partial charge in [0, 0.05) is 5.88 Å². The van der Waals surface area contributed by atoms with Crippen LogP contribution < -0.4 is 10.1 Å². The Labute approximate surface area is 105 Å². The number of aliphatic hydroxyl groups excluding tert-OH is 1. The monoisotopic (exact) mass is 255 g/mol. The van der Waals surface area contributed by atoms with E-state index in [-0.39, 0.29) is 11.8 Å². The molecule has 1 aromatic rings. The molecule has 0 aliphatic carbocycles. The summed E-state index contributed by atoms with van der Waals surface area (Å²) in [6, 6.07) is 5.45. The molecule has 2 rings (SSSR count). The van der Waals surface area contributed by atoms with Crippen LogP contribution in [0.1, 0.15) is 12.5 Å². The van der Waals surface area contributed by atoms with Crippen molar-refractivity contribution in [1.29, 1.82) is 0 Å². The van der Waals surface area contributed by atoms with Crippen LogP contribution in [0.3, 0.4) is 0 Å². The smallest absolute Gasteiger partial charge is 0.265 e. The lowest BCUT2D eigenvalue weighted by molar-refractivity contribution is -0.122. The van der Waals surface area contributed by atoms with Crippen molar-refractivity contribution < 1.29 is 14.6 Å². The Morgan fingerprint density at radius 3 is 3.06 bits per heavy atom. The Morgan fingerprint density at radius 1 is 1.59 bits per heavy atom. The number of amides is 1. The summed E-state index contributed by atoms with van der Waals surface area (Å²) >= 11 is 5.54. The zero-order chi connectivity index (χ0) is 12.4. The molecule has 1 aliphatic heterocycles. The van der Waals surface area contributed by atoms with Crippen molar-refractivity contribution in [3.63, 3.8) is 0 Å². The summed E-state index contributed by atoms with van der Waals surface area (Å²) in [5, 5.41) is 12.2. The van der Waals surface area contributed by atoms with E-state index < -0.39 is 12.2 Å². The Kier molecular flexibility index (Phi) is 3.54. The summed E-state index contributed by atoms with van der Waals surface area (Å²) in [4.78, 5) is 11.4. The Bertz CT molecular complexity index is 436. The number of anilines is 1. The molecule has 1 aliphatic rings. The highest BCUT2D eigenvalue weighted by Crippen LogP contribution is 2.30. The molecule has 92 valence electrons. The number of fused-ring (bicyclic) bond motifs is 1. The lowest BCUT2D eigenvalue weighted by Gasteiger charge is -2.23. The van der Waals surface area contributed by atoms with E-state index in [1.807, 2.05) is 6.07 Å². The predicted octanol–water partition coefficient (Wildman–Crippen LogP) is 1.55. The molecule has 0 saturated heterocycles. The van der Waals surface area contributed by atoms with Crippen molar-refractivity contribution in [3.05, 3.63) is 23.8 Å². The second-order valence-corrected chi connectivity index (χ2v) is 4.40. The first-order chi connectivity index (χ1) is 8.10. The number of ether oxygens (including phenoxy) is 1. The summed E-state index contributed by atoms with van der Waals surface area (Å²) in [7, 11) is 0. The second-order valence-electron chi connectivity index (χ2n) is 4.09. The van der Waals surface area contributed by atoms with Crippen LogP contribution in [0.5, 0.6) is 5.75 Å². The molecule has 0 saturated carbocycles. The summed E-state index contributed by atoms with van der Waals surface area (Å²) < 4.78 is 5.43. The fraction of sp³-hybridized carbons (Fsp3) is 0.417. The topological polar surface area (TPSA) is 58.6 Å². The van der Waals surface area contributed by atoms with E-state index in [1.54, 1.807) is 19.1 Å². The number of carbonyl (C=O) groups excluding carboxylic acids is 1. The van der Waals surface area contributed by atoms with Crippen LogP contribution >= 0.6 is 11.6 Å². The van der Waals surface area contributed by atoms with E-state index in [9.17, 15) is 9.90 Å². The van der Waals surface area contributed by atoms with Gasteiger partial charge in [-0.2, -0.15) is 0 Å². The molecule has 2 unspecified atom stereocenters. The largest absolute Gasteiger partial charge is 0.479 e. The normalized spacial score (nSPS) is 20.2. The maximum Gasteiger partial charge on any atom is 0.265 e. The van der Waals surface area contributed by atoms with Gasteiger partial charge < -0.3 is 15.2 Å². The third-order valence-electron chi connectivity index (χ3n) is 2.62. The maximum atomic E-state index is 11.4. The average Bonchev–Trinajstić information content (AvgIpc) is 2.31. The number of hydrogen-bond donors (Lipinski definition) is 2. The first-order valence-electron chi connectivity index (χ1n) is 5.44. The van der Waals surface area contributed by atoms with Gasteiger partial charge in [-0.3, -0.25) is 4.79 Å². The van der Waals surface area contributed by atoms with Gasteiger partial charge in [0.1, 0.15) is 5.75 Å². The van der Waals surface area contributed by atoms with Crippen LogP contribution in [-0.2, 0) is 11.2 Å². The van der Waals surface area contributed by atoms with E-state index in [1.165, 1.54) is 0 Å². The van der Waals surface area contributed by atoms with Crippen LogP contribution in [-0.4, -0.2) is 29.1 Å². The third kappa shape index (κ3) is 2.70. The number of halogens is 1. The Hall–Kier alpha value is -1.26. The van der Waals surface area contributed by atoms with Gasteiger partial charge in [-0.1, -0.05) is 6.07 Å². The zero-order valence-electron chi connectivity index (χ0n) is 9.44. The van der Waals surface area contributed by atoms with Gasteiger partial charge in [0.05, 0.1) is 11.8 Å². The molecule has 0 radical (unpaired) electrons. The number of carbonyl (C=O) groups is 1. The molecule has 0 fully saturated rings. The first kappa shape index (κ1) is 12.2. The third-order valence-corrected chi connectivity index (χ3v) is 2.98. The zero-order valence-corrected chi connectivity index (χ0v) is 10.2. The molecule has 0 spiro atoms. The predicted molar refractivity (Wildman–Crippen MR) is 65.6 cm³/mol. The summed E-state index contributed by atoms with van der Waals surface area (Å²) in [5.41, 5.74) is 1.56. The van der Waals surface area contributed by atoms with E-state index >= 15 is 0 Å². The molecule has 1 amide bonds. The van der Waals surface area contributed by atoms with Crippen LogP contribution in [0, 0.1) is 0 Å². The first-order valence-corrected chi connectivity index (χ1v) is 5.98. The molecular weight excluding hydrogens is 242 g/mol. The number of hydrogen-bond acceptors (Lipinski definition) is 3. The van der Waals surface area contributed by atoms with Gasteiger partial charge in [-0.05, 0) is 31.0 Å². The second kappa shape index (κ2) is 4.94. The molecule has 1 heterocycles. The minimum atomic E-state index is -0.575. The molecule has 0 bridgehead atoms. The number of alkyl halides is 1. The van der Waals surface area contributed by atoms with Gasteiger partial charge in [0.2, 0.25) is 0 Å². The summed E-state index contributed by atoms with van der Waals surface area (Å²) in [6.45, 7) is 1.70. The lowest BCUT2D eigenvalue weighted by Crippen LogP contribution is -2.34. The number of rotatable bonds is 3. The van der Waals surface area contributed by atoms with Gasteiger partial charge in [0.25, 0.3) is 5.91 Å². The Morgan fingerprint density at radius 2 is 2.35 bits per heavy atom. The SMILES string of the molecule is CC1Oc2ccc(CC(O)CCl)cc2NC1=O. The molecule has 0 aromatic heterocycles. The maximum absolute atomic E-state index is 11.4. The van der Waals surface area contributed by atoms with E-state index in [0.717, 1.165) is 5.56 Å². The standard InChI is InChI=1S/C12H14ClNO3/c1-7-12(16)14-10-5-8(4-9(15)6-13)2-3-11(10)17-7/h2-3,5,7,9,15H,4,6H2,1H3,(H,14,16). The molecule has 17 heavy (non-hydrogen) atoms. The van der Waals surface area contributed by atoms with E-state index in [4.69, 9.17) is 16.3 Å². The van der Waals surface area contributed by atoms with Crippen molar-refractivity contribution >= 4 is 23.2 Å². The van der Waals surface area contributed by atoms with Crippen LogP contribution in [0.15, 0.2) is 18.2 Å². The Balaban J connectivity index is 2.19. The number of nitrogens with one attached hydrogen (secondary N) is 1. The van der Waals surface area contributed by atoms with Crippen LogP contribution in [0.4, 0.5) is 5.69 Å². The minimum Gasteiger partial charge on any atom is -0.479 e. The molecule has 5 heteroatoms. The van der Waals surface area contributed by atoms with Crippen molar-refractivity contribution in [2.24, 2.45) is 0 Å². The molecular formula is C12H14ClNO3. The van der Waals surface area contributed by atoms with Gasteiger partial charge in [-0.25, -0.2) is 0 Å². The highest BCUT2D eigenvalue weighted by molar-refractivity contribution is 6.18. The average molecular weight is 256 g/mol. The molecule has 1 aromatic carbocycles. The van der Waals surface area contributed by atoms with Crippen LogP contribution in [0.2, 0.25) is 0 Å². The van der Waals surface area contributed by atoms with Crippen molar-refractivity contribution in [3.8, 4) is 5.75 Å². The highest BCUT2D eigenvalue weighted by atomic mass is 35.5. The lowest BCUT2D eigenvalue weighted by atomic mass is 10.1. The van der Waals surface area contributed by atoms with E-state index in [2.05, 4.69) is 5.32 Å². The van der Waals surface area contributed by atoms with Gasteiger partial charge >= 0.3 is 0 Å². The summed E-state index contributed by atoms with van der Waals surface area (Å²) in [5.74, 6) is 0.686.